The van der Waals surface area contributed by atoms with E-state index < -0.39 is 39.9 Å². The minimum Gasteiger partial charge on any atom is -0.349 e. The molecule has 10 heteroatoms. The molecule has 0 heterocycles. The van der Waals surface area contributed by atoms with Crippen LogP contribution in [0.15, 0.2) is 53.4 Å². The second-order valence-electron chi connectivity index (χ2n) is 7.19. The molecule has 0 spiro atoms. The third kappa shape index (κ3) is 5.29. The van der Waals surface area contributed by atoms with Gasteiger partial charge in [0.15, 0.2) is 0 Å². The van der Waals surface area contributed by atoms with E-state index in [-0.39, 0.29) is 29.0 Å². The van der Waals surface area contributed by atoms with Crippen molar-refractivity contribution in [2.45, 2.75) is 42.8 Å². The van der Waals surface area contributed by atoms with Crippen molar-refractivity contribution in [3.05, 3.63) is 59.9 Å². The van der Waals surface area contributed by atoms with Gasteiger partial charge in [-0.15, -0.1) is 0 Å². The Labute approximate surface area is 171 Å². The summed E-state index contributed by atoms with van der Waals surface area (Å²) in [7, 11) is -4.17. The van der Waals surface area contributed by atoms with Crippen LogP contribution in [-0.2, 0) is 10.0 Å². The molecule has 2 atom stereocenters. The van der Waals surface area contributed by atoms with Crippen molar-refractivity contribution in [2.24, 2.45) is 5.92 Å². The molecule has 5 nitrogen and oxygen atoms in total. The number of carbonyl (C=O) groups excluding carboxylic acids is 1. The van der Waals surface area contributed by atoms with E-state index in [4.69, 9.17) is 0 Å². The number of nitrogens with one attached hydrogen (secondary N) is 2. The number of alkyl halides is 3. The second kappa shape index (κ2) is 8.63. The lowest BCUT2D eigenvalue weighted by molar-refractivity contribution is -0.183. The van der Waals surface area contributed by atoms with Crippen LogP contribution in [0.25, 0.3) is 0 Å². The van der Waals surface area contributed by atoms with Crippen molar-refractivity contribution in [3.8, 4) is 0 Å². The number of rotatable bonds is 5. The molecule has 2 N–H and O–H groups in total. The van der Waals surface area contributed by atoms with Gasteiger partial charge in [-0.3, -0.25) is 9.52 Å². The largest absolute Gasteiger partial charge is 0.391 e. The Morgan fingerprint density at radius 1 is 1.03 bits per heavy atom. The Bertz CT molecular complexity index is 1020. The predicted octanol–water partition coefficient (Wildman–Crippen LogP) is 4.48. The Hall–Kier alpha value is -2.62. The first-order valence-corrected chi connectivity index (χ1v) is 10.8. The number of benzene rings is 2. The molecule has 1 aliphatic rings. The van der Waals surface area contributed by atoms with E-state index in [1.807, 2.05) is 0 Å². The first-order chi connectivity index (χ1) is 14.1. The highest BCUT2D eigenvalue weighted by molar-refractivity contribution is 7.92. The smallest absolute Gasteiger partial charge is 0.349 e. The van der Waals surface area contributed by atoms with Gasteiger partial charge in [0.2, 0.25) is 0 Å². The van der Waals surface area contributed by atoms with Crippen LogP contribution in [0.3, 0.4) is 0 Å². The molecule has 0 aromatic heterocycles. The first kappa shape index (κ1) is 22.1. The SMILES string of the molecule is O=C(NC1CCCC(C(F)(F)F)C1)c1cccc(S(=O)(=O)Nc2ccccc2F)c1. The van der Waals surface area contributed by atoms with E-state index in [0.717, 1.165) is 12.1 Å². The number of halogens is 4. The molecule has 30 heavy (non-hydrogen) atoms. The maximum absolute atomic E-state index is 13.7. The molecule has 0 aliphatic heterocycles. The van der Waals surface area contributed by atoms with Gasteiger partial charge in [-0.2, -0.15) is 13.2 Å². The van der Waals surface area contributed by atoms with Crippen molar-refractivity contribution in [2.75, 3.05) is 4.72 Å². The van der Waals surface area contributed by atoms with Gasteiger partial charge in [0.25, 0.3) is 15.9 Å². The highest BCUT2D eigenvalue weighted by Crippen LogP contribution is 2.37. The fourth-order valence-electron chi connectivity index (χ4n) is 3.44. The second-order valence-corrected chi connectivity index (χ2v) is 8.87. The zero-order valence-corrected chi connectivity index (χ0v) is 16.6. The van der Waals surface area contributed by atoms with Crippen LogP contribution in [0.5, 0.6) is 0 Å². The highest BCUT2D eigenvalue weighted by atomic mass is 32.2. The standard InChI is InChI=1S/C20H20F4N2O3S/c21-17-9-1-2-10-18(17)26-30(28,29)16-8-3-5-13(11-16)19(27)25-15-7-4-6-14(12-15)20(22,23)24/h1-3,5,8-11,14-15,26H,4,6-7,12H2,(H,25,27). The van der Waals surface area contributed by atoms with Gasteiger partial charge in [-0.1, -0.05) is 24.6 Å². The molecule has 1 amide bonds. The normalized spacial score (nSPS) is 19.9. The molecule has 0 saturated heterocycles. The highest BCUT2D eigenvalue weighted by Gasteiger charge is 2.42. The van der Waals surface area contributed by atoms with Crippen LogP contribution in [0, 0.1) is 11.7 Å². The molecular formula is C20H20F4N2O3S. The molecule has 1 aliphatic carbocycles. The molecule has 1 saturated carbocycles. The maximum Gasteiger partial charge on any atom is 0.391 e. The fraction of sp³-hybridized carbons (Fsp3) is 0.350. The van der Waals surface area contributed by atoms with Gasteiger partial charge in [0.05, 0.1) is 16.5 Å². The van der Waals surface area contributed by atoms with Crippen LogP contribution < -0.4 is 10.0 Å². The number of carbonyl (C=O) groups is 1. The number of sulfonamides is 1. The van der Waals surface area contributed by atoms with Gasteiger partial charge in [0, 0.05) is 11.6 Å². The topological polar surface area (TPSA) is 75.3 Å². The molecule has 0 radical (unpaired) electrons. The molecule has 1 fully saturated rings. The lowest BCUT2D eigenvalue weighted by Crippen LogP contribution is -2.41. The number of anilines is 1. The maximum atomic E-state index is 13.7. The Morgan fingerprint density at radius 2 is 1.77 bits per heavy atom. The van der Waals surface area contributed by atoms with Gasteiger partial charge < -0.3 is 5.32 Å². The third-order valence-corrected chi connectivity index (χ3v) is 6.36. The summed E-state index contributed by atoms with van der Waals surface area (Å²) >= 11 is 0. The van der Waals surface area contributed by atoms with E-state index in [2.05, 4.69) is 10.0 Å². The Morgan fingerprint density at radius 3 is 2.47 bits per heavy atom. The van der Waals surface area contributed by atoms with E-state index in [1.165, 1.54) is 36.4 Å². The first-order valence-electron chi connectivity index (χ1n) is 9.31. The molecule has 2 aromatic rings. The molecule has 2 unspecified atom stereocenters. The van der Waals surface area contributed by atoms with Crippen LogP contribution in [0.4, 0.5) is 23.2 Å². The van der Waals surface area contributed by atoms with Crippen LogP contribution in [0.1, 0.15) is 36.0 Å². The zero-order chi connectivity index (χ0) is 21.9. The average Bonchev–Trinajstić information content (AvgIpc) is 2.69. The number of para-hydroxylation sites is 1. The van der Waals surface area contributed by atoms with E-state index in [0.29, 0.717) is 12.8 Å². The molecular weight excluding hydrogens is 424 g/mol. The lowest BCUT2D eigenvalue weighted by Gasteiger charge is -2.31. The summed E-state index contributed by atoms with van der Waals surface area (Å²) in [4.78, 5) is 12.2. The van der Waals surface area contributed by atoms with Crippen molar-refractivity contribution in [3.63, 3.8) is 0 Å². The van der Waals surface area contributed by atoms with Crippen LogP contribution >= 0.6 is 0 Å². The number of amides is 1. The number of hydrogen-bond acceptors (Lipinski definition) is 3. The van der Waals surface area contributed by atoms with Crippen molar-refractivity contribution >= 4 is 21.6 Å². The van der Waals surface area contributed by atoms with E-state index >= 15 is 0 Å². The average molecular weight is 444 g/mol. The van der Waals surface area contributed by atoms with Crippen LogP contribution in [-0.4, -0.2) is 26.5 Å². The van der Waals surface area contributed by atoms with Crippen molar-refractivity contribution in [1.29, 1.82) is 0 Å². The zero-order valence-electron chi connectivity index (χ0n) is 15.7. The van der Waals surface area contributed by atoms with E-state index in [1.54, 1.807) is 0 Å². The summed E-state index contributed by atoms with van der Waals surface area (Å²) in [5.74, 6) is -2.88. The summed E-state index contributed by atoms with van der Waals surface area (Å²) in [6, 6.07) is 9.61. The predicted molar refractivity (Wildman–Crippen MR) is 103 cm³/mol. The van der Waals surface area contributed by atoms with Crippen molar-refractivity contribution in [1.82, 2.24) is 5.32 Å². The van der Waals surface area contributed by atoms with Gasteiger partial charge in [-0.25, -0.2) is 12.8 Å². The summed E-state index contributed by atoms with van der Waals surface area (Å²) in [5, 5.41) is 2.56. The molecule has 0 bridgehead atoms. The van der Waals surface area contributed by atoms with Crippen molar-refractivity contribution < 1.29 is 30.8 Å². The van der Waals surface area contributed by atoms with Gasteiger partial charge >= 0.3 is 6.18 Å². The molecule has 162 valence electrons. The minimum atomic E-state index is -4.31. The number of hydrogen-bond donors (Lipinski definition) is 2. The summed E-state index contributed by atoms with van der Waals surface area (Å²) in [6.45, 7) is 0. The lowest BCUT2D eigenvalue weighted by atomic mass is 9.85. The monoisotopic (exact) mass is 444 g/mol. The molecule has 2 aromatic carbocycles. The third-order valence-electron chi connectivity index (χ3n) is 5.00. The quantitative estimate of drug-likeness (QED) is 0.668. The van der Waals surface area contributed by atoms with E-state index in [9.17, 15) is 30.8 Å². The van der Waals surface area contributed by atoms with Gasteiger partial charge in [-0.05, 0) is 49.6 Å². The summed E-state index contributed by atoms with van der Waals surface area (Å²) in [6.07, 6.45) is -3.72. The minimum absolute atomic E-state index is 0.0134. The van der Waals surface area contributed by atoms with Crippen LogP contribution in [0.2, 0.25) is 0 Å². The Balaban J connectivity index is 1.73. The Kier molecular flexibility index (Phi) is 6.35. The summed E-state index contributed by atoms with van der Waals surface area (Å²) < 4.78 is 79.8. The molecule has 3 rings (SSSR count). The fourth-order valence-corrected chi connectivity index (χ4v) is 4.55. The van der Waals surface area contributed by atoms with Gasteiger partial charge in [0.1, 0.15) is 5.82 Å². The summed E-state index contributed by atoms with van der Waals surface area (Å²) in [5.41, 5.74) is -0.256.